The van der Waals surface area contributed by atoms with Crippen molar-refractivity contribution < 1.29 is 4.39 Å². The monoisotopic (exact) mass is 383 g/mol. The van der Waals surface area contributed by atoms with Gasteiger partial charge in [-0.2, -0.15) is 10.1 Å². The number of aliphatic imine (C=N–C) groups is 1. The molecule has 0 aliphatic rings. The van der Waals surface area contributed by atoms with Gasteiger partial charge in [0.2, 0.25) is 11.1 Å². The second-order valence-electron chi connectivity index (χ2n) is 4.44. The van der Waals surface area contributed by atoms with Crippen LogP contribution >= 0.6 is 35.4 Å². The molecule has 124 valence electrons. The maximum absolute atomic E-state index is 12.8. The standard InChI is InChI=1S/C15H12Cl2FN5S/c16-12-2-1-3-13(17)11(12)8-20-23-14(19)22-15(24)21-10-6-4-9(18)5-7-10/h1-8H,(H4,19,21,22,23,24)/b20-8+. The average molecular weight is 384 g/mol. The van der Waals surface area contributed by atoms with Gasteiger partial charge in [0.05, 0.1) is 16.3 Å². The maximum atomic E-state index is 12.8. The SMILES string of the molecule is NC(=NC(=S)Nc1ccc(F)cc1)N/N=C/c1c(Cl)cccc1Cl. The summed E-state index contributed by atoms with van der Waals surface area (Å²) < 4.78 is 12.8. The van der Waals surface area contributed by atoms with Crippen LogP contribution in [0, 0.1) is 5.82 Å². The van der Waals surface area contributed by atoms with Gasteiger partial charge >= 0.3 is 0 Å². The molecule has 4 N–H and O–H groups in total. The van der Waals surface area contributed by atoms with E-state index in [-0.39, 0.29) is 16.9 Å². The number of benzene rings is 2. The van der Waals surface area contributed by atoms with Gasteiger partial charge in [-0.1, -0.05) is 29.3 Å². The number of halogens is 3. The van der Waals surface area contributed by atoms with E-state index in [9.17, 15) is 4.39 Å². The molecule has 0 heterocycles. The van der Waals surface area contributed by atoms with E-state index in [1.165, 1.54) is 30.5 Å². The summed E-state index contributed by atoms with van der Waals surface area (Å²) in [6.45, 7) is 0. The molecule has 0 radical (unpaired) electrons. The van der Waals surface area contributed by atoms with Gasteiger partial charge in [-0.15, -0.1) is 0 Å². The van der Waals surface area contributed by atoms with Gasteiger partial charge in [-0.25, -0.2) is 9.82 Å². The van der Waals surface area contributed by atoms with E-state index in [0.29, 0.717) is 21.3 Å². The van der Waals surface area contributed by atoms with Crippen LogP contribution in [-0.2, 0) is 0 Å². The van der Waals surface area contributed by atoms with Gasteiger partial charge in [0, 0.05) is 11.3 Å². The number of hydrogen-bond donors (Lipinski definition) is 3. The Kier molecular flexibility index (Phi) is 6.48. The predicted molar refractivity (Wildman–Crippen MR) is 101 cm³/mol. The number of nitrogens with two attached hydrogens (primary N) is 1. The highest BCUT2D eigenvalue weighted by atomic mass is 35.5. The lowest BCUT2D eigenvalue weighted by molar-refractivity contribution is 0.628. The second-order valence-corrected chi connectivity index (χ2v) is 5.64. The topological polar surface area (TPSA) is 74.8 Å². The zero-order valence-electron chi connectivity index (χ0n) is 12.1. The van der Waals surface area contributed by atoms with E-state index in [0.717, 1.165) is 0 Å². The van der Waals surface area contributed by atoms with Crippen LogP contribution in [0.3, 0.4) is 0 Å². The first kappa shape index (κ1) is 18.1. The van der Waals surface area contributed by atoms with Crippen LogP contribution in [0.5, 0.6) is 0 Å². The fourth-order valence-electron chi connectivity index (χ4n) is 1.62. The van der Waals surface area contributed by atoms with Gasteiger partial charge in [0.15, 0.2) is 0 Å². The predicted octanol–water partition coefficient (Wildman–Crippen LogP) is 3.77. The molecular formula is C15H12Cl2FN5S. The summed E-state index contributed by atoms with van der Waals surface area (Å²) in [4.78, 5) is 3.90. The molecule has 0 amide bonds. The van der Waals surface area contributed by atoms with Crippen LogP contribution in [0.4, 0.5) is 10.1 Å². The molecule has 0 fully saturated rings. The maximum Gasteiger partial charge on any atom is 0.216 e. The molecule has 5 nitrogen and oxygen atoms in total. The third-order valence-corrected chi connectivity index (χ3v) is 3.54. The lowest BCUT2D eigenvalue weighted by Crippen LogP contribution is -2.29. The van der Waals surface area contributed by atoms with Crippen LogP contribution in [0.1, 0.15) is 5.56 Å². The molecular weight excluding hydrogens is 372 g/mol. The third-order valence-electron chi connectivity index (χ3n) is 2.69. The van der Waals surface area contributed by atoms with Crippen LogP contribution in [0.25, 0.3) is 0 Å². The fraction of sp³-hybridized carbons (Fsp3) is 0. The molecule has 9 heteroatoms. The molecule has 0 aliphatic carbocycles. The molecule has 2 aromatic rings. The van der Waals surface area contributed by atoms with Gasteiger partial charge in [-0.05, 0) is 48.6 Å². The van der Waals surface area contributed by atoms with E-state index >= 15 is 0 Å². The number of hydrazone groups is 1. The number of guanidine groups is 1. The first-order valence-corrected chi connectivity index (χ1v) is 7.76. The quantitative estimate of drug-likeness (QED) is 0.326. The number of nitrogens with zero attached hydrogens (tertiary/aromatic N) is 2. The fourth-order valence-corrected chi connectivity index (χ4v) is 2.33. The first-order chi connectivity index (χ1) is 11.5. The van der Waals surface area contributed by atoms with Gasteiger partial charge in [0.1, 0.15) is 5.82 Å². The zero-order valence-corrected chi connectivity index (χ0v) is 14.5. The van der Waals surface area contributed by atoms with Crippen LogP contribution < -0.4 is 16.5 Å². The number of nitrogens with one attached hydrogen (secondary N) is 2. The molecule has 0 atom stereocenters. The van der Waals surface area contributed by atoms with Crippen molar-refractivity contribution in [3.05, 3.63) is 63.9 Å². The van der Waals surface area contributed by atoms with E-state index in [2.05, 4.69) is 20.8 Å². The summed E-state index contributed by atoms with van der Waals surface area (Å²) in [6, 6.07) is 10.8. The minimum absolute atomic E-state index is 0.0333. The van der Waals surface area contributed by atoms with E-state index in [1.807, 2.05) is 0 Å². The number of rotatable bonds is 3. The molecule has 0 saturated carbocycles. The molecule has 0 aliphatic heterocycles. The molecule has 2 rings (SSSR count). The lowest BCUT2D eigenvalue weighted by atomic mass is 10.2. The summed E-state index contributed by atoms with van der Waals surface area (Å²) in [5.74, 6) is -0.377. The van der Waals surface area contributed by atoms with Crippen molar-refractivity contribution in [3.8, 4) is 0 Å². The van der Waals surface area contributed by atoms with Gasteiger partial charge < -0.3 is 11.1 Å². The highest BCUT2D eigenvalue weighted by Crippen LogP contribution is 2.21. The molecule has 2 aromatic carbocycles. The minimum atomic E-state index is -0.344. The minimum Gasteiger partial charge on any atom is -0.368 e. The van der Waals surface area contributed by atoms with Crippen molar-refractivity contribution in [2.75, 3.05) is 5.32 Å². The van der Waals surface area contributed by atoms with E-state index in [4.69, 9.17) is 41.2 Å². The van der Waals surface area contributed by atoms with Crippen molar-refractivity contribution in [2.45, 2.75) is 0 Å². The summed E-state index contributed by atoms with van der Waals surface area (Å²) in [5.41, 5.74) is 9.30. The second kappa shape index (κ2) is 8.58. The van der Waals surface area contributed by atoms with Gasteiger partial charge in [0.25, 0.3) is 0 Å². The Balaban J connectivity index is 1.94. The van der Waals surface area contributed by atoms with Crippen molar-refractivity contribution in [2.24, 2.45) is 15.8 Å². The summed E-state index contributed by atoms with van der Waals surface area (Å²) in [7, 11) is 0. The molecule has 0 spiro atoms. The van der Waals surface area contributed by atoms with Gasteiger partial charge in [-0.3, -0.25) is 0 Å². The van der Waals surface area contributed by atoms with E-state index in [1.54, 1.807) is 18.2 Å². The first-order valence-electron chi connectivity index (χ1n) is 6.59. The lowest BCUT2D eigenvalue weighted by Gasteiger charge is -2.05. The Bertz CT molecular complexity index is 773. The number of thiocarbonyl (C=S) groups is 1. The Labute approximate surface area is 153 Å². The van der Waals surface area contributed by atoms with Crippen molar-refractivity contribution >= 4 is 58.4 Å². The summed E-state index contributed by atoms with van der Waals surface area (Å²) in [6.07, 6.45) is 1.42. The summed E-state index contributed by atoms with van der Waals surface area (Å²) >= 11 is 17.0. The van der Waals surface area contributed by atoms with Crippen LogP contribution in [-0.4, -0.2) is 17.3 Å². The Morgan fingerprint density at radius 1 is 1.12 bits per heavy atom. The highest BCUT2D eigenvalue weighted by molar-refractivity contribution is 7.80. The molecule has 0 bridgehead atoms. The normalized spacial score (nSPS) is 11.5. The Hall–Kier alpha value is -2.22. The molecule has 0 unspecified atom stereocenters. The number of hydrogen-bond acceptors (Lipinski definition) is 2. The molecule has 0 saturated heterocycles. The molecule has 0 aromatic heterocycles. The Morgan fingerprint density at radius 2 is 1.75 bits per heavy atom. The largest absolute Gasteiger partial charge is 0.368 e. The highest BCUT2D eigenvalue weighted by Gasteiger charge is 2.02. The zero-order chi connectivity index (χ0) is 17.5. The molecule has 24 heavy (non-hydrogen) atoms. The number of anilines is 1. The van der Waals surface area contributed by atoms with Crippen LogP contribution in [0.2, 0.25) is 10.0 Å². The van der Waals surface area contributed by atoms with E-state index < -0.39 is 0 Å². The Morgan fingerprint density at radius 3 is 2.38 bits per heavy atom. The average Bonchev–Trinajstić information content (AvgIpc) is 2.52. The van der Waals surface area contributed by atoms with Crippen molar-refractivity contribution in [3.63, 3.8) is 0 Å². The third kappa shape index (κ3) is 5.45. The summed E-state index contributed by atoms with van der Waals surface area (Å²) in [5, 5.41) is 7.69. The van der Waals surface area contributed by atoms with Crippen molar-refractivity contribution in [1.82, 2.24) is 5.43 Å². The van der Waals surface area contributed by atoms with Crippen molar-refractivity contribution in [1.29, 1.82) is 0 Å². The van der Waals surface area contributed by atoms with Crippen LogP contribution in [0.15, 0.2) is 52.6 Å². The smallest absolute Gasteiger partial charge is 0.216 e.